The Balaban J connectivity index is 2.03. The van der Waals surface area contributed by atoms with Gasteiger partial charge in [-0.05, 0) is 43.7 Å². The van der Waals surface area contributed by atoms with Gasteiger partial charge in [-0.3, -0.25) is 4.79 Å². The van der Waals surface area contributed by atoms with Crippen LogP contribution in [0.1, 0.15) is 38.4 Å². The van der Waals surface area contributed by atoms with Crippen molar-refractivity contribution in [3.05, 3.63) is 66.1 Å². The number of hydrogen-bond acceptors (Lipinski definition) is 4. The smallest absolute Gasteiger partial charge is 0.308 e. The molecule has 1 heterocycles. The van der Waals surface area contributed by atoms with E-state index in [2.05, 4.69) is 23.2 Å². The number of rotatable bonds is 8. The van der Waals surface area contributed by atoms with E-state index >= 15 is 0 Å². The van der Waals surface area contributed by atoms with Crippen LogP contribution in [0.4, 0.5) is 4.39 Å². The molecule has 0 radical (unpaired) electrons. The first kappa shape index (κ1) is 22.7. The van der Waals surface area contributed by atoms with E-state index in [1.54, 1.807) is 18.2 Å². The summed E-state index contributed by atoms with van der Waals surface area (Å²) < 4.78 is 20.3. The fraction of sp³-hybridized carbons (Fsp3) is 0.320. The van der Waals surface area contributed by atoms with Gasteiger partial charge >= 0.3 is 5.97 Å². The molecule has 0 amide bonds. The monoisotopic (exact) mass is 425 g/mol. The van der Waals surface area contributed by atoms with E-state index in [4.69, 9.17) is 0 Å². The van der Waals surface area contributed by atoms with Gasteiger partial charge in [0.1, 0.15) is 5.82 Å². The fourth-order valence-electron chi connectivity index (χ4n) is 3.84. The molecule has 2 N–H and O–H groups in total. The van der Waals surface area contributed by atoms with Crippen molar-refractivity contribution < 1.29 is 24.1 Å². The Kier molecular flexibility index (Phi) is 7.25. The zero-order chi connectivity index (χ0) is 22.5. The largest absolute Gasteiger partial charge is 0.469 e. The molecule has 3 aromatic rings. The highest BCUT2D eigenvalue weighted by Crippen LogP contribution is 2.38. The number of esters is 1. The highest BCUT2D eigenvalue weighted by atomic mass is 19.1. The van der Waals surface area contributed by atoms with E-state index in [-0.39, 0.29) is 24.7 Å². The number of hydrogen-bond donors (Lipinski definition) is 2. The predicted molar refractivity (Wildman–Crippen MR) is 120 cm³/mol. The van der Waals surface area contributed by atoms with E-state index in [0.717, 1.165) is 27.7 Å². The summed E-state index contributed by atoms with van der Waals surface area (Å²) in [5, 5.41) is 21.4. The molecule has 2 aromatic carbocycles. The molecule has 0 aliphatic heterocycles. The molecule has 0 aliphatic rings. The van der Waals surface area contributed by atoms with Crippen molar-refractivity contribution in [3.63, 3.8) is 0 Å². The lowest BCUT2D eigenvalue weighted by Gasteiger charge is -2.15. The number of halogens is 1. The summed E-state index contributed by atoms with van der Waals surface area (Å²) in [6.07, 6.45) is 1.34. The number of methoxy groups -OCH3 is 1. The molecule has 0 unspecified atom stereocenters. The maximum absolute atomic E-state index is 13.5. The summed E-state index contributed by atoms with van der Waals surface area (Å²) in [6, 6.07) is 14.5. The standard InChI is InChI=1S/C25H28FNO4/c1-16(2)27-22-7-5-4-6-21(22)25(17-8-10-18(26)11-9-17)23(27)13-12-19(28)14-20(29)15-24(30)31-3/h4-13,16,19-20,28-29H,14-15H2,1-3H3/t19-,20-/m0/s1. The molecule has 0 saturated carbocycles. The van der Waals surface area contributed by atoms with Crippen molar-refractivity contribution >= 4 is 22.9 Å². The minimum atomic E-state index is -1.00. The van der Waals surface area contributed by atoms with Crippen LogP contribution < -0.4 is 0 Å². The number of carbonyl (C=O) groups excluding carboxylic acids is 1. The highest BCUT2D eigenvalue weighted by molar-refractivity contribution is 6.01. The Labute approximate surface area is 181 Å². The third-order valence-corrected chi connectivity index (χ3v) is 5.22. The van der Waals surface area contributed by atoms with Crippen molar-refractivity contribution in [1.82, 2.24) is 4.57 Å². The number of ether oxygens (including phenoxy) is 1. The normalized spacial score (nSPS) is 13.8. The van der Waals surface area contributed by atoms with Crippen LogP contribution in [-0.4, -0.2) is 40.1 Å². The molecule has 0 bridgehead atoms. The van der Waals surface area contributed by atoms with E-state index < -0.39 is 18.2 Å². The average molecular weight is 426 g/mol. The minimum Gasteiger partial charge on any atom is -0.469 e. The second kappa shape index (κ2) is 9.90. The lowest BCUT2D eigenvalue weighted by atomic mass is 10.0. The summed E-state index contributed by atoms with van der Waals surface area (Å²) in [4.78, 5) is 11.3. The van der Waals surface area contributed by atoms with Crippen LogP contribution in [0.25, 0.3) is 28.1 Å². The number of aliphatic hydroxyl groups is 2. The molecule has 0 spiro atoms. The molecule has 0 fully saturated rings. The number of fused-ring (bicyclic) bond motifs is 1. The number of benzene rings is 2. The van der Waals surface area contributed by atoms with Gasteiger partial charge in [-0.15, -0.1) is 0 Å². The third kappa shape index (κ3) is 5.21. The third-order valence-electron chi connectivity index (χ3n) is 5.22. The van der Waals surface area contributed by atoms with Gasteiger partial charge in [0.05, 0.1) is 25.7 Å². The summed E-state index contributed by atoms with van der Waals surface area (Å²) in [5.41, 5.74) is 3.74. The van der Waals surface area contributed by atoms with Crippen molar-refractivity contribution in [2.24, 2.45) is 0 Å². The average Bonchev–Trinajstić information content (AvgIpc) is 3.07. The van der Waals surface area contributed by atoms with Gasteiger partial charge < -0.3 is 19.5 Å². The van der Waals surface area contributed by atoms with E-state index in [1.165, 1.54) is 19.2 Å². The van der Waals surface area contributed by atoms with Crippen LogP contribution in [0, 0.1) is 5.82 Å². The Morgan fingerprint density at radius 2 is 1.81 bits per heavy atom. The second-order valence-corrected chi connectivity index (χ2v) is 7.84. The summed E-state index contributed by atoms with van der Waals surface area (Å²) in [5.74, 6) is -0.828. The first-order chi connectivity index (χ1) is 14.8. The van der Waals surface area contributed by atoms with Crippen LogP contribution in [-0.2, 0) is 9.53 Å². The summed E-state index contributed by atoms with van der Waals surface area (Å²) in [7, 11) is 1.26. The van der Waals surface area contributed by atoms with Gasteiger partial charge in [0.15, 0.2) is 0 Å². The molecule has 5 nitrogen and oxygen atoms in total. The SMILES string of the molecule is COC(=O)C[C@@H](O)C[C@@H](O)C=Cc1c(-c2ccc(F)cc2)c2ccccc2n1C(C)C. The molecule has 3 rings (SSSR count). The lowest BCUT2D eigenvalue weighted by Crippen LogP contribution is -2.20. The summed E-state index contributed by atoms with van der Waals surface area (Å²) >= 11 is 0. The fourth-order valence-corrected chi connectivity index (χ4v) is 3.84. The van der Waals surface area contributed by atoms with E-state index in [9.17, 15) is 19.4 Å². The van der Waals surface area contributed by atoms with Crippen molar-refractivity contribution in [3.8, 4) is 11.1 Å². The minimum absolute atomic E-state index is 0.0133. The highest BCUT2D eigenvalue weighted by Gasteiger charge is 2.19. The number of aromatic nitrogens is 1. The van der Waals surface area contributed by atoms with Gasteiger partial charge in [0.25, 0.3) is 0 Å². The van der Waals surface area contributed by atoms with Gasteiger partial charge in [-0.1, -0.05) is 36.4 Å². The predicted octanol–water partition coefficient (Wildman–Crippen LogP) is 4.72. The van der Waals surface area contributed by atoms with E-state index in [0.29, 0.717) is 0 Å². The topological polar surface area (TPSA) is 71.7 Å². The molecule has 0 aliphatic carbocycles. The second-order valence-electron chi connectivity index (χ2n) is 7.84. The zero-order valence-electron chi connectivity index (χ0n) is 18.0. The maximum Gasteiger partial charge on any atom is 0.308 e. The maximum atomic E-state index is 13.5. The Morgan fingerprint density at radius 3 is 2.45 bits per heavy atom. The van der Waals surface area contributed by atoms with Gasteiger partial charge in [-0.2, -0.15) is 0 Å². The molecular weight excluding hydrogens is 397 g/mol. The Morgan fingerprint density at radius 1 is 1.13 bits per heavy atom. The van der Waals surface area contributed by atoms with Crippen LogP contribution in [0.15, 0.2) is 54.6 Å². The number of aliphatic hydroxyl groups excluding tert-OH is 2. The lowest BCUT2D eigenvalue weighted by molar-refractivity contribution is -0.143. The van der Waals surface area contributed by atoms with Crippen molar-refractivity contribution in [1.29, 1.82) is 0 Å². The van der Waals surface area contributed by atoms with Crippen LogP contribution in [0.2, 0.25) is 0 Å². The molecule has 164 valence electrons. The van der Waals surface area contributed by atoms with Crippen molar-refractivity contribution in [2.45, 2.75) is 44.9 Å². The number of para-hydroxylation sites is 1. The Hall–Kier alpha value is -2.96. The number of nitrogens with zero attached hydrogens (tertiary/aromatic N) is 1. The van der Waals surface area contributed by atoms with Crippen LogP contribution in [0.5, 0.6) is 0 Å². The molecule has 2 atom stereocenters. The van der Waals surface area contributed by atoms with Gasteiger partial charge in [0, 0.05) is 34.6 Å². The van der Waals surface area contributed by atoms with Gasteiger partial charge in [-0.25, -0.2) is 4.39 Å². The van der Waals surface area contributed by atoms with Crippen molar-refractivity contribution in [2.75, 3.05) is 7.11 Å². The first-order valence-electron chi connectivity index (χ1n) is 10.3. The Bertz CT molecular complexity index is 1070. The quantitative estimate of drug-likeness (QED) is 0.513. The zero-order valence-corrected chi connectivity index (χ0v) is 18.0. The molecule has 31 heavy (non-hydrogen) atoms. The number of carbonyl (C=O) groups is 1. The first-order valence-corrected chi connectivity index (χ1v) is 10.3. The molecule has 0 saturated heterocycles. The van der Waals surface area contributed by atoms with Crippen LogP contribution in [0.3, 0.4) is 0 Å². The molecular formula is C25H28FNO4. The molecule has 1 aromatic heterocycles. The molecule has 6 heteroatoms. The van der Waals surface area contributed by atoms with Gasteiger partial charge in [0.2, 0.25) is 0 Å². The summed E-state index contributed by atoms with van der Waals surface area (Å²) in [6.45, 7) is 4.16. The van der Waals surface area contributed by atoms with E-state index in [1.807, 2.05) is 30.3 Å². The van der Waals surface area contributed by atoms with Crippen LogP contribution >= 0.6 is 0 Å².